The summed E-state index contributed by atoms with van der Waals surface area (Å²) < 4.78 is 5.45. The van der Waals surface area contributed by atoms with Crippen molar-refractivity contribution in [2.75, 3.05) is 39.4 Å². The van der Waals surface area contributed by atoms with Crippen LogP contribution in [0, 0.1) is 0 Å². The topological polar surface area (TPSA) is 53.0 Å². The van der Waals surface area contributed by atoms with Gasteiger partial charge in [-0.05, 0) is 37.0 Å². The van der Waals surface area contributed by atoms with E-state index < -0.39 is 0 Å². The quantitative estimate of drug-likeness (QED) is 0.921. The molecule has 2 saturated heterocycles. The number of carbonyl (C=O) groups is 1. The second kappa shape index (κ2) is 7.79. The summed E-state index contributed by atoms with van der Waals surface area (Å²) in [5, 5.41) is 9.52. The minimum absolute atomic E-state index is 0.157. The summed E-state index contributed by atoms with van der Waals surface area (Å²) in [4.78, 5) is 17.0. The molecule has 1 aromatic carbocycles. The molecule has 2 aliphatic heterocycles. The molecule has 2 aliphatic rings. The highest BCUT2D eigenvalue weighted by atomic mass is 16.5. The zero-order chi connectivity index (χ0) is 16.1. The lowest BCUT2D eigenvalue weighted by Gasteiger charge is -2.33. The molecule has 0 spiro atoms. The molecule has 126 valence electrons. The normalized spacial score (nSPS) is 21.1. The molecular weight excluding hydrogens is 292 g/mol. The van der Waals surface area contributed by atoms with Crippen LogP contribution in [0.1, 0.15) is 24.8 Å². The van der Waals surface area contributed by atoms with Gasteiger partial charge in [0.15, 0.2) is 0 Å². The Morgan fingerprint density at radius 1 is 1.17 bits per heavy atom. The molecule has 5 heteroatoms. The van der Waals surface area contributed by atoms with E-state index >= 15 is 0 Å². The van der Waals surface area contributed by atoms with Crippen molar-refractivity contribution in [3.8, 4) is 5.75 Å². The third-order valence-electron chi connectivity index (χ3n) is 4.86. The van der Waals surface area contributed by atoms with Crippen LogP contribution in [0.25, 0.3) is 0 Å². The molecule has 0 aliphatic carbocycles. The molecule has 0 bridgehead atoms. The fourth-order valence-electron chi connectivity index (χ4n) is 3.56. The van der Waals surface area contributed by atoms with Crippen LogP contribution in [0.4, 0.5) is 0 Å². The summed E-state index contributed by atoms with van der Waals surface area (Å²) in [7, 11) is 0. The van der Waals surface area contributed by atoms with Crippen LogP contribution in [-0.4, -0.2) is 66.2 Å². The Morgan fingerprint density at radius 3 is 2.78 bits per heavy atom. The number of phenolic OH excluding ortho intramolecular Hbond substituents is 1. The molecule has 1 amide bonds. The summed E-state index contributed by atoms with van der Waals surface area (Å²) in [6, 6.07) is 7.59. The number of amides is 1. The van der Waals surface area contributed by atoms with Crippen molar-refractivity contribution in [1.29, 1.82) is 0 Å². The fourth-order valence-corrected chi connectivity index (χ4v) is 3.56. The molecule has 1 aromatic rings. The SMILES string of the molecule is O=C(Cc1cccc(O)c1)N1CCCN(C2CCOCC2)CC1. The maximum absolute atomic E-state index is 12.5. The number of carbonyl (C=O) groups excluding carboxylic acids is 1. The van der Waals surface area contributed by atoms with Crippen molar-refractivity contribution >= 4 is 5.91 Å². The van der Waals surface area contributed by atoms with E-state index in [0.717, 1.165) is 64.2 Å². The maximum Gasteiger partial charge on any atom is 0.227 e. The average Bonchev–Trinajstić information content (AvgIpc) is 2.82. The van der Waals surface area contributed by atoms with Gasteiger partial charge in [0.1, 0.15) is 5.75 Å². The Morgan fingerprint density at radius 2 is 2.00 bits per heavy atom. The Balaban J connectivity index is 1.53. The molecule has 1 N–H and O–H groups in total. The van der Waals surface area contributed by atoms with Gasteiger partial charge in [-0.1, -0.05) is 12.1 Å². The molecule has 23 heavy (non-hydrogen) atoms. The van der Waals surface area contributed by atoms with Crippen LogP contribution in [0.15, 0.2) is 24.3 Å². The van der Waals surface area contributed by atoms with Gasteiger partial charge in [0.05, 0.1) is 6.42 Å². The summed E-state index contributed by atoms with van der Waals surface area (Å²) in [5.41, 5.74) is 0.875. The first-order chi connectivity index (χ1) is 11.2. The highest BCUT2D eigenvalue weighted by Gasteiger charge is 2.25. The molecule has 0 radical (unpaired) electrons. The van der Waals surface area contributed by atoms with Crippen LogP contribution >= 0.6 is 0 Å². The highest BCUT2D eigenvalue weighted by Crippen LogP contribution is 2.17. The molecule has 2 fully saturated rings. The van der Waals surface area contributed by atoms with E-state index in [1.165, 1.54) is 0 Å². The van der Waals surface area contributed by atoms with Crippen molar-refractivity contribution in [3.63, 3.8) is 0 Å². The first kappa shape index (κ1) is 16.3. The largest absolute Gasteiger partial charge is 0.508 e. The van der Waals surface area contributed by atoms with Crippen molar-refractivity contribution in [2.24, 2.45) is 0 Å². The second-order valence-corrected chi connectivity index (χ2v) is 6.46. The molecule has 0 atom stereocenters. The number of ether oxygens (including phenoxy) is 1. The first-order valence-corrected chi connectivity index (χ1v) is 8.60. The molecule has 0 saturated carbocycles. The van der Waals surface area contributed by atoms with Crippen LogP contribution in [0.5, 0.6) is 5.75 Å². The van der Waals surface area contributed by atoms with E-state index in [9.17, 15) is 9.90 Å². The third kappa shape index (κ3) is 4.45. The lowest BCUT2D eigenvalue weighted by Crippen LogP contribution is -2.42. The summed E-state index contributed by atoms with van der Waals surface area (Å²) in [5.74, 6) is 0.376. The van der Waals surface area contributed by atoms with Crippen molar-refractivity contribution in [1.82, 2.24) is 9.80 Å². The monoisotopic (exact) mass is 318 g/mol. The van der Waals surface area contributed by atoms with Crippen molar-refractivity contribution in [3.05, 3.63) is 29.8 Å². The Kier molecular flexibility index (Phi) is 5.51. The minimum atomic E-state index is 0.157. The van der Waals surface area contributed by atoms with Crippen molar-refractivity contribution in [2.45, 2.75) is 31.7 Å². The number of phenols is 1. The number of benzene rings is 1. The van der Waals surface area contributed by atoms with E-state index in [4.69, 9.17) is 4.74 Å². The van der Waals surface area contributed by atoms with E-state index in [0.29, 0.717) is 12.5 Å². The third-order valence-corrected chi connectivity index (χ3v) is 4.86. The minimum Gasteiger partial charge on any atom is -0.508 e. The number of hydrogen-bond donors (Lipinski definition) is 1. The molecular formula is C18H26N2O3. The molecule has 0 aromatic heterocycles. The summed E-state index contributed by atoms with van der Waals surface area (Å²) >= 11 is 0. The molecule has 0 unspecified atom stereocenters. The lowest BCUT2D eigenvalue weighted by atomic mass is 10.1. The van der Waals surface area contributed by atoms with Crippen molar-refractivity contribution < 1.29 is 14.6 Å². The first-order valence-electron chi connectivity index (χ1n) is 8.60. The summed E-state index contributed by atoms with van der Waals surface area (Å²) in [6.45, 7) is 5.38. The van der Waals surface area contributed by atoms with E-state index in [-0.39, 0.29) is 11.7 Å². The van der Waals surface area contributed by atoms with Gasteiger partial charge in [0, 0.05) is 45.4 Å². The smallest absolute Gasteiger partial charge is 0.227 e. The summed E-state index contributed by atoms with van der Waals surface area (Å²) in [6.07, 6.45) is 3.61. The number of nitrogens with zero attached hydrogens (tertiary/aromatic N) is 2. The predicted molar refractivity (Wildman–Crippen MR) is 88.4 cm³/mol. The number of hydrogen-bond acceptors (Lipinski definition) is 4. The Bertz CT molecular complexity index is 529. The van der Waals surface area contributed by atoms with E-state index in [1.807, 2.05) is 11.0 Å². The Hall–Kier alpha value is -1.59. The van der Waals surface area contributed by atoms with Gasteiger partial charge in [-0.25, -0.2) is 0 Å². The second-order valence-electron chi connectivity index (χ2n) is 6.46. The molecule has 2 heterocycles. The maximum atomic E-state index is 12.5. The fraction of sp³-hybridized carbons (Fsp3) is 0.611. The highest BCUT2D eigenvalue weighted by molar-refractivity contribution is 5.78. The lowest BCUT2D eigenvalue weighted by molar-refractivity contribution is -0.130. The number of aromatic hydroxyl groups is 1. The zero-order valence-electron chi connectivity index (χ0n) is 13.6. The van der Waals surface area contributed by atoms with Crippen LogP contribution in [0.2, 0.25) is 0 Å². The van der Waals surface area contributed by atoms with E-state index in [1.54, 1.807) is 18.2 Å². The molecule has 3 rings (SSSR count). The van der Waals surface area contributed by atoms with Gasteiger partial charge in [-0.3, -0.25) is 9.69 Å². The van der Waals surface area contributed by atoms with Gasteiger partial charge in [0.2, 0.25) is 5.91 Å². The predicted octanol–water partition coefficient (Wildman–Crippen LogP) is 1.65. The van der Waals surface area contributed by atoms with Gasteiger partial charge in [0.25, 0.3) is 0 Å². The van der Waals surface area contributed by atoms with Crippen LogP contribution in [0.3, 0.4) is 0 Å². The van der Waals surface area contributed by atoms with Crippen LogP contribution < -0.4 is 0 Å². The van der Waals surface area contributed by atoms with Gasteiger partial charge < -0.3 is 14.7 Å². The van der Waals surface area contributed by atoms with Crippen LogP contribution in [-0.2, 0) is 16.0 Å². The molecule has 5 nitrogen and oxygen atoms in total. The van der Waals surface area contributed by atoms with Gasteiger partial charge >= 0.3 is 0 Å². The zero-order valence-corrected chi connectivity index (χ0v) is 13.6. The Labute approximate surface area is 137 Å². The average molecular weight is 318 g/mol. The van der Waals surface area contributed by atoms with E-state index in [2.05, 4.69) is 4.90 Å². The standard InChI is InChI=1S/C18H26N2O3/c21-17-4-1-3-15(13-17)14-18(22)20-8-2-7-19(9-10-20)16-5-11-23-12-6-16/h1,3-4,13,16,21H,2,5-12,14H2. The van der Waals surface area contributed by atoms with Gasteiger partial charge in [-0.2, -0.15) is 0 Å². The number of rotatable bonds is 3. The van der Waals surface area contributed by atoms with Gasteiger partial charge in [-0.15, -0.1) is 0 Å².